The molecule has 0 aliphatic heterocycles. The van der Waals surface area contributed by atoms with E-state index in [9.17, 15) is 9.59 Å². The van der Waals surface area contributed by atoms with Gasteiger partial charge >= 0.3 is 5.97 Å². The highest BCUT2D eigenvalue weighted by Crippen LogP contribution is 2.06. The van der Waals surface area contributed by atoms with Gasteiger partial charge in [0.05, 0.1) is 12.5 Å². The lowest BCUT2D eigenvalue weighted by Gasteiger charge is -2.06. The number of carbonyl (C=O) groups is 2. The third-order valence-electron chi connectivity index (χ3n) is 2.42. The summed E-state index contributed by atoms with van der Waals surface area (Å²) in [6.07, 6.45) is 5.16. The Morgan fingerprint density at radius 3 is 2.30 bits per heavy atom. The first kappa shape index (κ1) is 17.5. The van der Waals surface area contributed by atoms with E-state index in [0.29, 0.717) is 12.3 Å². The Kier molecular flexibility index (Phi) is 8.28. The van der Waals surface area contributed by atoms with Gasteiger partial charge in [-0.25, -0.2) is 0 Å². The van der Waals surface area contributed by atoms with Crippen LogP contribution in [0.5, 0.6) is 0 Å². The molecule has 0 N–H and O–H groups in total. The molecule has 5 heteroatoms. The van der Waals surface area contributed by atoms with Gasteiger partial charge in [-0.3, -0.25) is 9.59 Å². The average molecular weight is 274 g/mol. The van der Waals surface area contributed by atoms with Crippen molar-refractivity contribution in [3.8, 4) is 0 Å². The van der Waals surface area contributed by atoms with Crippen molar-refractivity contribution in [1.82, 2.24) is 0 Å². The molecular formula is C15H18N2O3. The first-order valence-electron chi connectivity index (χ1n) is 6.14. The fraction of sp³-hybridized carbons (Fsp3) is 0.333. The van der Waals surface area contributed by atoms with Crippen LogP contribution in [0.1, 0.15) is 20.8 Å². The van der Waals surface area contributed by atoms with Crippen molar-refractivity contribution < 1.29 is 18.9 Å². The molecule has 0 spiro atoms. The molecule has 0 bridgehead atoms. The average Bonchev–Trinajstić information content (AvgIpc) is 2.47. The maximum atomic E-state index is 11.6. The van der Waals surface area contributed by atoms with E-state index < -0.39 is 5.92 Å². The summed E-state index contributed by atoms with van der Waals surface area (Å²) < 4.78 is 6.61. The highest BCUT2D eigenvalue weighted by Gasteiger charge is 2.20. The Morgan fingerprint density at radius 1 is 1.30 bits per heavy atom. The van der Waals surface area contributed by atoms with Crippen molar-refractivity contribution in [2.75, 3.05) is 6.61 Å². The van der Waals surface area contributed by atoms with Crippen LogP contribution < -0.4 is 4.57 Å². The fourth-order valence-corrected chi connectivity index (χ4v) is 1.52. The van der Waals surface area contributed by atoms with Crippen LogP contribution in [0.4, 0.5) is 0 Å². The zero-order valence-electron chi connectivity index (χ0n) is 11.9. The molecule has 0 aliphatic rings. The first-order valence-corrected chi connectivity index (χ1v) is 6.14. The number of esters is 1. The van der Waals surface area contributed by atoms with Gasteiger partial charge in [-0.15, -0.1) is 0 Å². The normalized spacial score (nSPS) is 11.8. The molecule has 1 aromatic rings. The molecule has 1 heterocycles. The molecule has 0 saturated heterocycles. The van der Waals surface area contributed by atoms with Crippen LogP contribution >= 0.6 is 0 Å². The summed E-state index contributed by atoms with van der Waals surface area (Å²) in [5, 5.41) is 6.25. The van der Waals surface area contributed by atoms with Crippen molar-refractivity contribution >= 4 is 17.4 Å². The second-order valence-electron chi connectivity index (χ2n) is 3.93. The Labute approximate surface area is 119 Å². The van der Waals surface area contributed by atoms with E-state index in [1.54, 1.807) is 36.9 Å². The van der Waals surface area contributed by atoms with E-state index in [4.69, 9.17) is 16.6 Å². The second kappa shape index (κ2) is 9.45. The second-order valence-corrected chi connectivity index (χ2v) is 3.93. The lowest BCUT2D eigenvalue weighted by molar-refractivity contribution is -0.577. The zero-order valence-corrected chi connectivity index (χ0v) is 11.9. The summed E-state index contributed by atoms with van der Waals surface area (Å²) in [7, 11) is 0. The first-order chi connectivity index (χ1) is 9.56. The molecule has 1 rings (SSSR count). The number of ether oxygens (including phenoxy) is 1. The van der Waals surface area contributed by atoms with Gasteiger partial charge in [0.1, 0.15) is 0 Å². The Hall–Kier alpha value is -2.48. The summed E-state index contributed by atoms with van der Waals surface area (Å²) in [6.45, 7) is 10.0. The Morgan fingerprint density at radius 2 is 1.85 bits per heavy atom. The van der Waals surface area contributed by atoms with Gasteiger partial charge in [0.25, 0.3) is 0 Å². The molecule has 1 unspecified atom stereocenters. The number of Topliss-reactive ketones (excluding diaryl/α,β-unsaturated/α-hetero) is 1. The van der Waals surface area contributed by atoms with Crippen LogP contribution in [0.25, 0.3) is 5.70 Å². The smallest absolute Gasteiger partial charge is 0.312 e. The third-order valence-corrected chi connectivity index (χ3v) is 2.42. The van der Waals surface area contributed by atoms with Gasteiger partial charge in [0.15, 0.2) is 12.4 Å². The molecule has 1 aromatic heterocycles. The van der Waals surface area contributed by atoms with E-state index in [0.717, 1.165) is 0 Å². The van der Waals surface area contributed by atoms with E-state index in [1.165, 1.54) is 6.92 Å². The standard InChI is InChI=1S/C14H18NO3.CN/c1-4-18-14(17)11(2)10-13(12(3)16)15-8-6-5-7-9-15;1-2/h5-11H,4H2,1-3H3;/q+1;-1/b13-10+;. The van der Waals surface area contributed by atoms with Crippen LogP contribution in [0.3, 0.4) is 0 Å². The SMILES string of the molecule is CCOC(=O)C(C)/C=C(\C(C)=O)[n+]1ccccc1.[C-]#N. The van der Waals surface area contributed by atoms with E-state index in [1.807, 2.05) is 18.2 Å². The minimum Gasteiger partial charge on any atom is -0.512 e. The summed E-state index contributed by atoms with van der Waals surface area (Å²) >= 11 is 0. The maximum absolute atomic E-state index is 11.6. The number of carbonyl (C=O) groups excluding carboxylic acids is 2. The number of nitrogens with zero attached hydrogens (tertiary/aromatic N) is 2. The molecule has 0 radical (unpaired) electrons. The number of pyridine rings is 1. The van der Waals surface area contributed by atoms with Gasteiger partial charge in [0.2, 0.25) is 11.5 Å². The molecule has 0 aromatic carbocycles. The Bertz CT molecular complexity index is 492. The van der Waals surface area contributed by atoms with Crippen LogP contribution in [0, 0.1) is 17.8 Å². The van der Waals surface area contributed by atoms with Gasteiger partial charge in [-0.05, 0) is 13.8 Å². The monoisotopic (exact) mass is 274 g/mol. The van der Waals surface area contributed by atoms with Gasteiger partial charge in [-0.1, -0.05) is 6.07 Å². The zero-order chi connectivity index (χ0) is 15.5. The number of hydrogen-bond donors (Lipinski definition) is 0. The van der Waals surface area contributed by atoms with E-state index in [-0.39, 0.29) is 11.8 Å². The summed E-state index contributed by atoms with van der Waals surface area (Å²) in [5.74, 6) is -0.869. The number of aromatic nitrogens is 1. The summed E-state index contributed by atoms with van der Waals surface area (Å²) in [5.41, 5.74) is 0.469. The number of allylic oxidation sites excluding steroid dienone is 1. The number of ketones is 1. The third kappa shape index (κ3) is 5.44. The predicted molar refractivity (Wildman–Crippen MR) is 72.4 cm³/mol. The van der Waals surface area contributed by atoms with Crippen molar-refractivity contribution in [2.24, 2.45) is 5.92 Å². The molecule has 0 saturated carbocycles. The van der Waals surface area contributed by atoms with Crippen LogP contribution in [-0.2, 0) is 14.3 Å². The summed E-state index contributed by atoms with van der Waals surface area (Å²) in [4.78, 5) is 23.2. The molecule has 20 heavy (non-hydrogen) atoms. The van der Waals surface area contributed by atoms with Crippen molar-refractivity contribution in [3.05, 3.63) is 43.2 Å². The molecular weight excluding hydrogens is 256 g/mol. The topological polar surface area (TPSA) is 71.0 Å². The number of rotatable bonds is 5. The van der Waals surface area contributed by atoms with Crippen molar-refractivity contribution in [3.63, 3.8) is 0 Å². The van der Waals surface area contributed by atoms with E-state index in [2.05, 4.69) is 0 Å². The predicted octanol–water partition coefficient (Wildman–Crippen LogP) is 1.70. The largest absolute Gasteiger partial charge is 0.512 e. The molecule has 0 fully saturated rings. The molecule has 0 aliphatic carbocycles. The van der Waals surface area contributed by atoms with Gasteiger partial charge in [-0.2, -0.15) is 4.57 Å². The van der Waals surface area contributed by atoms with Crippen molar-refractivity contribution in [1.29, 1.82) is 5.26 Å². The highest BCUT2D eigenvalue weighted by molar-refractivity contribution is 6.10. The van der Waals surface area contributed by atoms with Crippen LogP contribution in [0.15, 0.2) is 36.7 Å². The molecule has 1 atom stereocenters. The minimum absolute atomic E-state index is 0.0950. The van der Waals surface area contributed by atoms with Crippen molar-refractivity contribution in [2.45, 2.75) is 20.8 Å². The summed E-state index contributed by atoms with van der Waals surface area (Å²) in [6, 6.07) is 5.51. The van der Waals surface area contributed by atoms with Crippen LogP contribution in [-0.4, -0.2) is 18.4 Å². The maximum Gasteiger partial charge on any atom is 0.312 e. The Balaban J connectivity index is 0.00000172. The molecule has 106 valence electrons. The van der Waals surface area contributed by atoms with Gasteiger partial charge < -0.3 is 16.6 Å². The van der Waals surface area contributed by atoms with Gasteiger partial charge in [0, 0.05) is 25.1 Å². The number of hydrogen-bond acceptors (Lipinski definition) is 4. The lowest BCUT2D eigenvalue weighted by atomic mass is 10.1. The fourth-order valence-electron chi connectivity index (χ4n) is 1.52. The van der Waals surface area contributed by atoms with E-state index >= 15 is 0 Å². The lowest BCUT2D eigenvalue weighted by Crippen LogP contribution is -2.35. The molecule has 5 nitrogen and oxygen atoms in total. The van der Waals surface area contributed by atoms with Crippen LogP contribution in [0.2, 0.25) is 0 Å². The quantitative estimate of drug-likeness (QED) is 0.354. The molecule has 0 amide bonds. The highest BCUT2D eigenvalue weighted by atomic mass is 16.5. The minimum atomic E-state index is -0.448.